The van der Waals surface area contributed by atoms with Gasteiger partial charge < -0.3 is 35.1 Å². The van der Waals surface area contributed by atoms with E-state index in [2.05, 4.69) is 25.6 Å². The van der Waals surface area contributed by atoms with Crippen LogP contribution >= 0.6 is 0 Å². The molecule has 0 aliphatic carbocycles. The minimum Gasteiger partial charge on any atom is -0.464 e. The number of benzene rings is 3. The lowest BCUT2D eigenvalue weighted by Gasteiger charge is -2.06. The van der Waals surface area contributed by atoms with E-state index >= 15 is 0 Å². The fraction of sp³-hybridized carbons (Fsp3) is 0.0667. The third-order valence-corrected chi connectivity index (χ3v) is 6.70. The number of amides is 2. The van der Waals surface area contributed by atoms with E-state index in [0.717, 1.165) is 10.8 Å². The molecular formula is C30H23N5O6. The molecule has 6 rings (SSSR count). The molecule has 11 heteroatoms. The summed E-state index contributed by atoms with van der Waals surface area (Å²) >= 11 is 0. The number of hydrogen-bond donors (Lipinski definition) is 5. The number of H-pyrrole nitrogens is 3. The van der Waals surface area contributed by atoms with Crippen LogP contribution in [0.25, 0.3) is 32.7 Å². The van der Waals surface area contributed by atoms with Crippen LogP contribution in [0, 0.1) is 0 Å². The molecule has 3 heterocycles. The Balaban J connectivity index is 1.17. The van der Waals surface area contributed by atoms with Gasteiger partial charge in [0.05, 0.1) is 14.2 Å². The highest BCUT2D eigenvalue weighted by atomic mass is 16.5. The van der Waals surface area contributed by atoms with Crippen LogP contribution in [-0.4, -0.2) is 52.9 Å². The summed E-state index contributed by atoms with van der Waals surface area (Å²) in [4.78, 5) is 58.6. The number of ether oxygens (including phenoxy) is 2. The minimum atomic E-state index is -0.478. The molecule has 0 saturated heterocycles. The molecule has 204 valence electrons. The lowest BCUT2D eigenvalue weighted by Crippen LogP contribution is -2.12. The molecule has 0 aliphatic heterocycles. The zero-order valence-electron chi connectivity index (χ0n) is 21.9. The highest BCUT2D eigenvalue weighted by Crippen LogP contribution is 2.24. The van der Waals surface area contributed by atoms with E-state index in [1.807, 2.05) is 0 Å². The Morgan fingerprint density at radius 1 is 0.537 bits per heavy atom. The summed E-state index contributed by atoms with van der Waals surface area (Å²) in [6.45, 7) is 0. The second-order valence-corrected chi connectivity index (χ2v) is 9.35. The van der Waals surface area contributed by atoms with Gasteiger partial charge in [-0.05, 0) is 60.7 Å². The normalized spacial score (nSPS) is 11.1. The van der Waals surface area contributed by atoms with Crippen LogP contribution in [0.15, 0.2) is 72.8 Å². The van der Waals surface area contributed by atoms with E-state index in [1.165, 1.54) is 14.2 Å². The van der Waals surface area contributed by atoms with Crippen molar-refractivity contribution in [2.75, 3.05) is 24.9 Å². The zero-order valence-corrected chi connectivity index (χ0v) is 21.9. The number of hydrogen-bond acceptors (Lipinski definition) is 6. The minimum absolute atomic E-state index is 0.318. The van der Waals surface area contributed by atoms with E-state index < -0.39 is 11.9 Å². The highest BCUT2D eigenvalue weighted by molar-refractivity contribution is 6.10. The van der Waals surface area contributed by atoms with Crippen LogP contribution in [0.5, 0.6) is 0 Å². The number of aromatic nitrogens is 3. The Hall–Kier alpha value is -5.84. The fourth-order valence-corrected chi connectivity index (χ4v) is 4.65. The second kappa shape index (κ2) is 10.0. The van der Waals surface area contributed by atoms with E-state index in [1.54, 1.807) is 72.8 Å². The summed E-state index contributed by atoms with van der Waals surface area (Å²) in [5.74, 6) is -1.65. The number of nitrogens with one attached hydrogen (secondary N) is 5. The van der Waals surface area contributed by atoms with Crippen molar-refractivity contribution >= 4 is 67.8 Å². The summed E-state index contributed by atoms with van der Waals surface area (Å²) in [6.07, 6.45) is 0. The Morgan fingerprint density at radius 3 is 1.61 bits per heavy atom. The summed E-state index contributed by atoms with van der Waals surface area (Å²) < 4.78 is 9.49. The first kappa shape index (κ1) is 25.4. The molecule has 0 spiro atoms. The molecule has 0 fully saturated rings. The quantitative estimate of drug-likeness (QED) is 0.180. The third kappa shape index (κ3) is 4.87. The number of carbonyl (C=O) groups excluding carboxylic acids is 4. The summed E-state index contributed by atoms with van der Waals surface area (Å²) in [5, 5.41) is 8.00. The summed E-state index contributed by atoms with van der Waals surface area (Å²) in [5.41, 5.74) is 4.50. The van der Waals surface area contributed by atoms with E-state index in [-0.39, 0.29) is 11.8 Å². The van der Waals surface area contributed by atoms with Crippen molar-refractivity contribution in [3.63, 3.8) is 0 Å². The third-order valence-electron chi connectivity index (χ3n) is 6.70. The second-order valence-electron chi connectivity index (χ2n) is 9.35. The standard InChI is InChI=1S/C30H23N5O6/c1-40-29(38)25-10-15-3-6-19(13-22(15)34-25)31-27(36)17-5-8-21-18(9-17)12-24(33-21)28(37)32-20-7-4-16-11-26(30(39)41-2)35-23(16)14-20/h3-14,33-35H,1-2H3,(H,31,36)(H,32,37). The van der Waals surface area contributed by atoms with Gasteiger partial charge in [0.1, 0.15) is 17.1 Å². The average molecular weight is 550 g/mol. The number of fused-ring (bicyclic) bond motifs is 3. The van der Waals surface area contributed by atoms with E-state index in [9.17, 15) is 19.2 Å². The first-order chi connectivity index (χ1) is 19.8. The van der Waals surface area contributed by atoms with Gasteiger partial charge in [0.2, 0.25) is 0 Å². The Labute approximate surface area is 231 Å². The molecule has 3 aromatic heterocycles. The molecule has 11 nitrogen and oxygen atoms in total. The number of anilines is 2. The van der Waals surface area contributed by atoms with Gasteiger partial charge in [-0.2, -0.15) is 0 Å². The van der Waals surface area contributed by atoms with Gasteiger partial charge in [0, 0.05) is 49.6 Å². The first-order valence-electron chi connectivity index (χ1n) is 12.5. The van der Waals surface area contributed by atoms with Gasteiger partial charge in [-0.1, -0.05) is 12.1 Å². The maximum Gasteiger partial charge on any atom is 0.354 e. The molecule has 2 amide bonds. The molecular weight excluding hydrogens is 526 g/mol. The molecule has 5 N–H and O–H groups in total. The maximum absolute atomic E-state index is 13.0. The molecule has 6 aromatic rings. The number of methoxy groups -OCH3 is 2. The van der Waals surface area contributed by atoms with Crippen LogP contribution in [0.3, 0.4) is 0 Å². The van der Waals surface area contributed by atoms with Gasteiger partial charge in [-0.25, -0.2) is 9.59 Å². The molecule has 0 radical (unpaired) electrons. The van der Waals surface area contributed by atoms with Crippen molar-refractivity contribution in [1.29, 1.82) is 0 Å². The fourth-order valence-electron chi connectivity index (χ4n) is 4.65. The van der Waals surface area contributed by atoms with Crippen molar-refractivity contribution in [2.24, 2.45) is 0 Å². The highest BCUT2D eigenvalue weighted by Gasteiger charge is 2.15. The molecule has 0 atom stereocenters. The number of aromatic amines is 3. The van der Waals surface area contributed by atoms with Crippen molar-refractivity contribution in [3.8, 4) is 0 Å². The van der Waals surface area contributed by atoms with Gasteiger partial charge >= 0.3 is 11.9 Å². The van der Waals surface area contributed by atoms with Gasteiger partial charge in [-0.3, -0.25) is 9.59 Å². The smallest absolute Gasteiger partial charge is 0.354 e. The molecule has 0 aliphatic rings. The molecule has 41 heavy (non-hydrogen) atoms. The maximum atomic E-state index is 13.0. The predicted octanol–water partition coefficient (Wildman–Crippen LogP) is 5.21. The number of carbonyl (C=O) groups is 4. The number of esters is 2. The molecule has 0 saturated carbocycles. The summed E-state index contributed by atoms with van der Waals surface area (Å²) in [6, 6.07) is 20.6. The topological polar surface area (TPSA) is 158 Å². The monoisotopic (exact) mass is 549 g/mol. The average Bonchev–Trinajstić information content (AvgIpc) is 3.71. The first-order valence-corrected chi connectivity index (χ1v) is 12.5. The van der Waals surface area contributed by atoms with E-state index in [0.29, 0.717) is 56.0 Å². The lowest BCUT2D eigenvalue weighted by atomic mass is 10.1. The predicted molar refractivity (Wildman–Crippen MR) is 153 cm³/mol. The number of rotatable bonds is 6. The Morgan fingerprint density at radius 2 is 1.05 bits per heavy atom. The zero-order chi connectivity index (χ0) is 28.7. The van der Waals surface area contributed by atoms with Crippen molar-refractivity contribution in [2.45, 2.75) is 0 Å². The van der Waals surface area contributed by atoms with Gasteiger partial charge in [-0.15, -0.1) is 0 Å². The van der Waals surface area contributed by atoms with Gasteiger partial charge in [0.25, 0.3) is 11.8 Å². The van der Waals surface area contributed by atoms with E-state index in [4.69, 9.17) is 9.47 Å². The largest absolute Gasteiger partial charge is 0.464 e. The SMILES string of the molecule is COC(=O)c1cc2ccc(NC(=O)c3ccc4[nH]c(C(=O)Nc5ccc6cc(C(=O)OC)[nH]c6c5)cc4c3)cc2[nH]1. The summed E-state index contributed by atoms with van der Waals surface area (Å²) in [7, 11) is 2.62. The van der Waals surface area contributed by atoms with Gasteiger partial charge in [0.15, 0.2) is 0 Å². The molecule has 0 bridgehead atoms. The van der Waals surface area contributed by atoms with Crippen molar-refractivity contribution in [3.05, 3.63) is 95.4 Å². The van der Waals surface area contributed by atoms with Crippen molar-refractivity contribution < 1.29 is 28.7 Å². The van der Waals surface area contributed by atoms with Crippen LogP contribution in [0.2, 0.25) is 0 Å². The Bertz CT molecular complexity index is 1910. The molecule has 0 unspecified atom stereocenters. The van der Waals surface area contributed by atoms with Crippen molar-refractivity contribution in [1.82, 2.24) is 15.0 Å². The Kier molecular flexibility index (Phi) is 6.23. The van der Waals surface area contributed by atoms with Crippen LogP contribution < -0.4 is 10.6 Å². The van der Waals surface area contributed by atoms with Crippen LogP contribution in [0.1, 0.15) is 41.8 Å². The van der Waals surface area contributed by atoms with Crippen LogP contribution in [-0.2, 0) is 9.47 Å². The molecule has 3 aromatic carbocycles. The van der Waals surface area contributed by atoms with Crippen LogP contribution in [0.4, 0.5) is 11.4 Å². The lowest BCUT2D eigenvalue weighted by molar-refractivity contribution is 0.0586.